The van der Waals surface area contributed by atoms with Crippen molar-refractivity contribution >= 4 is 21.6 Å². The molecule has 0 radical (unpaired) electrons. The van der Waals surface area contributed by atoms with Gasteiger partial charge in [-0.05, 0) is 31.6 Å². The van der Waals surface area contributed by atoms with Gasteiger partial charge in [-0.3, -0.25) is 9.59 Å². The van der Waals surface area contributed by atoms with Crippen molar-refractivity contribution < 1.29 is 18.0 Å². The van der Waals surface area contributed by atoms with Crippen molar-refractivity contribution in [1.82, 2.24) is 9.62 Å². The summed E-state index contributed by atoms with van der Waals surface area (Å²) in [6.45, 7) is 3.31. The molecule has 0 amide bonds. The minimum Gasteiger partial charge on any atom is -0.367 e. The molecule has 1 N–H and O–H groups in total. The molecule has 2 aliphatic carbocycles. The molecule has 0 spiro atoms. The van der Waals surface area contributed by atoms with E-state index in [9.17, 15) is 18.0 Å². The van der Waals surface area contributed by atoms with Gasteiger partial charge in [-0.1, -0.05) is 44.0 Å². The zero-order valence-corrected chi connectivity index (χ0v) is 16.9. The highest BCUT2D eigenvalue weighted by atomic mass is 32.2. The second kappa shape index (κ2) is 7.44. The lowest BCUT2D eigenvalue weighted by molar-refractivity contribution is 0.0932. The van der Waals surface area contributed by atoms with Gasteiger partial charge < -0.3 is 4.90 Å². The van der Waals surface area contributed by atoms with Crippen LogP contribution in [0.3, 0.4) is 0 Å². The van der Waals surface area contributed by atoms with Crippen LogP contribution in [0.4, 0.5) is 0 Å². The molecule has 150 valence electrons. The lowest BCUT2D eigenvalue weighted by Gasteiger charge is -2.36. The van der Waals surface area contributed by atoms with Crippen LogP contribution in [-0.2, 0) is 10.0 Å². The molecular weight excluding hydrogens is 376 g/mol. The Morgan fingerprint density at radius 1 is 0.929 bits per heavy atom. The quantitative estimate of drug-likeness (QED) is 0.837. The van der Waals surface area contributed by atoms with Gasteiger partial charge in [0.1, 0.15) is 5.70 Å². The van der Waals surface area contributed by atoms with Gasteiger partial charge in [0.25, 0.3) is 0 Å². The van der Waals surface area contributed by atoms with Crippen LogP contribution in [0.25, 0.3) is 0 Å². The molecule has 1 heterocycles. The SMILES string of the molecule is CC1CCN(C2=C(S(=O)(=O)NC3CCCC3)C(=O)c3ccccc3C2=O)CC1. The Morgan fingerprint density at radius 2 is 1.50 bits per heavy atom. The lowest BCUT2D eigenvalue weighted by Crippen LogP contribution is -2.43. The van der Waals surface area contributed by atoms with Crippen LogP contribution in [0.15, 0.2) is 34.9 Å². The van der Waals surface area contributed by atoms with E-state index in [2.05, 4.69) is 11.6 Å². The van der Waals surface area contributed by atoms with Gasteiger partial charge in [-0.25, -0.2) is 13.1 Å². The molecule has 28 heavy (non-hydrogen) atoms. The summed E-state index contributed by atoms with van der Waals surface area (Å²) in [6.07, 6.45) is 5.22. The van der Waals surface area contributed by atoms with E-state index in [4.69, 9.17) is 0 Å². The standard InChI is InChI=1S/C21H26N2O4S/c1-14-10-12-23(13-11-14)18-19(24)16-8-4-5-9-17(16)20(25)21(18)28(26,27)22-15-6-2-3-7-15/h4-5,8-9,14-15,22H,2-3,6-7,10-13H2,1H3. The van der Waals surface area contributed by atoms with Crippen LogP contribution < -0.4 is 4.72 Å². The molecule has 0 unspecified atom stereocenters. The number of carbonyl (C=O) groups is 2. The summed E-state index contributed by atoms with van der Waals surface area (Å²) in [6, 6.07) is 6.34. The molecule has 1 aliphatic heterocycles. The number of Topliss-reactive ketones (excluding diaryl/α,β-unsaturated/α-hetero) is 2. The van der Waals surface area contributed by atoms with Gasteiger partial charge in [0.05, 0.1) is 0 Å². The molecular formula is C21H26N2O4S. The molecule has 1 saturated heterocycles. The third-order valence-corrected chi connectivity index (χ3v) is 7.66. The summed E-state index contributed by atoms with van der Waals surface area (Å²) in [5, 5.41) is 0. The molecule has 0 aromatic heterocycles. The van der Waals surface area contributed by atoms with E-state index in [1.807, 2.05) is 0 Å². The normalized spacial score (nSPS) is 22.1. The molecule has 0 bridgehead atoms. The number of hydrogen-bond acceptors (Lipinski definition) is 5. The molecule has 3 aliphatic rings. The van der Waals surface area contributed by atoms with E-state index in [-0.39, 0.29) is 28.0 Å². The van der Waals surface area contributed by atoms with Gasteiger partial charge in [-0.2, -0.15) is 0 Å². The first kappa shape index (κ1) is 19.3. The van der Waals surface area contributed by atoms with Gasteiger partial charge in [-0.15, -0.1) is 0 Å². The Kier molecular flexibility index (Phi) is 5.14. The number of rotatable bonds is 4. The number of nitrogens with zero attached hydrogens (tertiary/aromatic N) is 1. The van der Waals surface area contributed by atoms with E-state index in [1.54, 1.807) is 23.1 Å². The Balaban J connectivity index is 1.81. The van der Waals surface area contributed by atoms with E-state index >= 15 is 0 Å². The number of likely N-dealkylation sites (tertiary alicyclic amines) is 1. The number of carbonyl (C=O) groups excluding carboxylic acids is 2. The van der Waals surface area contributed by atoms with E-state index in [0.717, 1.165) is 38.5 Å². The van der Waals surface area contributed by atoms with Crippen LogP contribution in [0.5, 0.6) is 0 Å². The predicted octanol–water partition coefficient (Wildman–Crippen LogP) is 2.87. The molecule has 1 aromatic rings. The molecule has 0 atom stereocenters. The molecule has 2 fully saturated rings. The topological polar surface area (TPSA) is 83.6 Å². The summed E-state index contributed by atoms with van der Waals surface area (Å²) < 4.78 is 29.2. The smallest absolute Gasteiger partial charge is 0.246 e. The van der Waals surface area contributed by atoms with Crippen molar-refractivity contribution in [1.29, 1.82) is 0 Å². The van der Waals surface area contributed by atoms with Crippen LogP contribution in [-0.4, -0.2) is 44.0 Å². The van der Waals surface area contributed by atoms with E-state index < -0.39 is 15.8 Å². The van der Waals surface area contributed by atoms with Gasteiger partial charge in [0.15, 0.2) is 4.91 Å². The second-order valence-corrected chi connectivity index (χ2v) is 9.80. The fourth-order valence-electron chi connectivity index (χ4n) is 4.43. The summed E-state index contributed by atoms with van der Waals surface area (Å²) >= 11 is 0. The fraction of sp³-hybridized carbons (Fsp3) is 0.524. The fourth-order valence-corrected chi connectivity index (χ4v) is 6.05. The number of hydrogen-bond donors (Lipinski definition) is 1. The zero-order valence-electron chi connectivity index (χ0n) is 16.1. The number of piperidine rings is 1. The number of allylic oxidation sites excluding steroid dienone is 2. The van der Waals surface area contributed by atoms with Gasteiger partial charge >= 0.3 is 0 Å². The number of benzene rings is 1. The first-order chi connectivity index (χ1) is 13.4. The Bertz CT molecular complexity index is 937. The maximum Gasteiger partial charge on any atom is 0.246 e. The molecule has 1 aromatic carbocycles. The average molecular weight is 403 g/mol. The van der Waals surface area contributed by atoms with Crippen molar-refractivity contribution in [2.45, 2.75) is 51.5 Å². The highest BCUT2D eigenvalue weighted by Gasteiger charge is 2.42. The summed E-state index contributed by atoms with van der Waals surface area (Å²) in [5.41, 5.74) is 0.524. The highest BCUT2D eigenvalue weighted by Crippen LogP contribution is 2.34. The number of sulfonamides is 1. The van der Waals surface area contributed by atoms with Crippen LogP contribution in [0.1, 0.15) is 66.2 Å². The van der Waals surface area contributed by atoms with Crippen LogP contribution in [0.2, 0.25) is 0 Å². The third-order valence-electron chi connectivity index (χ3n) is 6.10. The number of ketones is 2. The van der Waals surface area contributed by atoms with Crippen molar-refractivity contribution in [2.24, 2.45) is 5.92 Å². The monoisotopic (exact) mass is 402 g/mol. The van der Waals surface area contributed by atoms with Crippen molar-refractivity contribution in [2.75, 3.05) is 13.1 Å². The number of nitrogens with one attached hydrogen (secondary N) is 1. The van der Waals surface area contributed by atoms with Gasteiger partial charge in [0.2, 0.25) is 21.6 Å². The second-order valence-electron chi connectivity index (χ2n) is 8.15. The zero-order chi connectivity index (χ0) is 19.9. The minimum absolute atomic E-state index is 0.0566. The maximum absolute atomic E-state index is 13.3. The minimum atomic E-state index is -4.09. The summed E-state index contributed by atoms with van der Waals surface area (Å²) in [7, 11) is -4.09. The Morgan fingerprint density at radius 3 is 2.11 bits per heavy atom. The average Bonchev–Trinajstić information content (AvgIpc) is 3.17. The van der Waals surface area contributed by atoms with Crippen molar-refractivity contribution in [3.63, 3.8) is 0 Å². The van der Waals surface area contributed by atoms with Crippen molar-refractivity contribution in [3.05, 3.63) is 46.0 Å². The van der Waals surface area contributed by atoms with E-state index in [1.165, 1.54) is 6.07 Å². The first-order valence-corrected chi connectivity index (χ1v) is 11.6. The Labute approximate surface area is 166 Å². The molecule has 6 nitrogen and oxygen atoms in total. The summed E-state index contributed by atoms with van der Waals surface area (Å²) in [5.74, 6) is -0.416. The molecule has 7 heteroatoms. The molecule has 1 saturated carbocycles. The first-order valence-electron chi connectivity index (χ1n) is 10.1. The van der Waals surface area contributed by atoms with Crippen LogP contribution in [0, 0.1) is 5.92 Å². The number of fused-ring (bicyclic) bond motifs is 1. The third kappa shape index (κ3) is 3.42. The summed E-state index contributed by atoms with van der Waals surface area (Å²) in [4.78, 5) is 28.0. The predicted molar refractivity (Wildman–Crippen MR) is 106 cm³/mol. The molecule has 4 rings (SSSR count). The van der Waals surface area contributed by atoms with Crippen molar-refractivity contribution in [3.8, 4) is 0 Å². The maximum atomic E-state index is 13.3. The lowest BCUT2D eigenvalue weighted by atomic mass is 9.90. The Hall–Kier alpha value is -1.99. The van der Waals surface area contributed by atoms with Gasteiger partial charge in [0, 0.05) is 30.3 Å². The largest absolute Gasteiger partial charge is 0.367 e. The highest BCUT2D eigenvalue weighted by molar-refractivity contribution is 7.94. The van der Waals surface area contributed by atoms with E-state index in [0.29, 0.717) is 24.6 Å². The van der Waals surface area contributed by atoms with Crippen LogP contribution >= 0.6 is 0 Å².